The maximum Gasteiger partial charge on any atom is 0.177 e. The number of aromatic amines is 1. The minimum absolute atomic E-state index is 0.174. The van der Waals surface area contributed by atoms with Crippen LogP contribution in [-0.4, -0.2) is 24.6 Å². The van der Waals surface area contributed by atoms with Crippen molar-refractivity contribution in [3.63, 3.8) is 0 Å². The first kappa shape index (κ1) is 13.9. The smallest absolute Gasteiger partial charge is 0.177 e. The second-order valence-electron chi connectivity index (χ2n) is 4.71. The molecule has 0 aliphatic carbocycles. The van der Waals surface area contributed by atoms with Crippen molar-refractivity contribution in [2.45, 2.75) is 4.90 Å². The van der Waals surface area contributed by atoms with E-state index in [1.54, 1.807) is 30.3 Å². The Labute approximate surface area is 126 Å². The number of aromatic nitrogens is 2. The number of nitrogens with one attached hydrogen (secondary N) is 1. The van der Waals surface area contributed by atoms with Crippen LogP contribution in [0.3, 0.4) is 0 Å². The molecule has 0 bridgehead atoms. The predicted molar refractivity (Wildman–Crippen MR) is 84.1 cm³/mol. The summed E-state index contributed by atoms with van der Waals surface area (Å²) < 4.78 is 23.6. The molecule has 0 atom stereocenters. The highest BCUT2D eigenvalue weighted by Gasteiger charge is 2.17. The average Bonchev–Trinajstić information content (AvgIpc) is 2.80. The maximum atomic E-state index is 11.8. The summed E-state index contributed by atoms with van der Waals surface area (Å²) in [6.45, 7) is 0. The summed E-state index contributed by atoms with van der Waals surface area (Å²) in [5.41, 5.74) is 7.98. The highest BCUT2D eigenvalue weighted by atomic mass is 35.5. The highest BCUT2D eigenvalue weighted by molar-refractivity contribution is 7.91. The molecule has 3 N–H and O–H groups in total. The Morgan fingerprint density at radius 3 is 2.57 bits per heavy atom. The number of nitrogens with two attached hydrogens (primary N) is 1. The van der Waals surface area contributed by atoms with Crippen LogP contribution in [0.25, 0.3) is 22.4 Å². The van der Waals surface area contributed by atoms with Crippen molar-refractivity contribution in [3.8, 4) is 11.4 Å². The van der Waals surface area contributed by atoms with Gasteiger partial charge in [0.2, 0.25) is 0 Å². The van der Waals surface area contributed by atoms with E-state index < -0.39 is 9.84 Å². The van der Waals surface area contributed by atoms with Gasteiger partial charge in [0.15, 0.2) is 9.84 Å². The molecule has 0 radical (unpaired) electrons. The summed E-state index contributed by atoms with van der Waals surface area (Å²) in [6.07, 6.45) is 1.15. The fourth-order valence-electron chi connectivity index (χ4n) is 2.21. The third-order valence-electron chi connectivity index (χ3n) is 3.16. The Hall–Kier alpha value is -2.05. The number of sulfone groups is 1. The van der Waals surface area contributed by atoms with E-state index in [0.717, 1.165) is 6.26 Å². The topological polar surface area (TPSA) is 88.8 Å². The van der Waals surface area contributed by atoms with Crippen LogP contribution in [0, 0.1) is 0 Å². The van der Waals surface area contributed by atoms with Crippen molar-refractivity contribution in [3.05, 3.63) is 41.4 Å². The van der Waals surface area contributed by atoms with Crippen LogP contribution in [0.1, 0.15) is 0 Å². The quantitative estimate of drug-likeness (QED) is 0.710. The fourth-order valence-corrected chi connectivity index (χ4v) is 3.32. The summed E-state index contributed by atoms with van der Waals surface area (Å²) in [4.78, 5) is 7.61. The first-order chi connectivity index (χ1) is 9.88. The van der Waals surface area contributed by atoms with Gasteiger partial charge >= 0.3 is 0 Å². The molecule has 5 nitrogen and oxygen atoms in total. The van der Waals surface area contributed by atoms with Crippen LogP contribution in [0.5, 0.6) is 0 Å². The molecule has 1 heterocycles. The molecular formula is C14H12ClN3O2S. The molecule has 0 amide bonds. The lowest BCUT2D eigenvalue weighted by Gasteiger charge is -2.04. The monoisotopic (exact) mass is 321 g/mol. The summed E-state index contributed by atoms with van der Waals surface area (Å²) >= 11 is 6.16. The fraction of sp³-hybridized carbons (Fsp3) is 0.0714. The Morgan fingerprint density at radius 2 is 1.90 bits per heavy atom. The molecule has 0 spiro atoms. The lowest BCUT2D eigenvalue weighted by Crippen LogP contribution is -1.97. The van der Waals surface area contributed by atoms with Crippen molar-refractivity contribution in [1.29, 1.82) is 0 Å². The summed E-state index contributed by atoms with van der Waals surface area (Å²) in [5, 5.41) is 0.454. The van der Waals surface area contributed by atoms with Gasteiger partial charge in [-0.25, -0.2) is 13.4 Å². The Balaban J connectivity index is 2.33. The molecule has 0 saturated carbocycles. The minimum atomic E-state index is -3.37. The van der Waals surface area contributed by atoms with E-state index >= 15 is 0 Å². The zero-order valence-corrected chi connectivity index (χ0v) is 12.7. The van der Waals surface area contributed by atoms with Gasteiger partial charge in [-0.2, -0.15) is 0 Å². The molecule has 108 valence electrons. The van der Waals surface area contributed by atoms with Gasteiger partial charge in [0.25, 0.3) is 0 Å². The van der Waals surface area contributed by atoms with E-state index in [2.05, 4.69) is 9.97 Å². The minimum Gasteiger partial charge on any atom is -0.398 e. The van der Waals surface area contributed by atoms with Crippen molar-refractivity contribution in [2.24, 2.45) is 0 Å². The van der Waals surface area contributed by atoms with Crippen molar-refractivity contribution in [1.82, 2.24) is 9.97 Å². The van der Waals surface area contributed by atoms with Crippen molar-refractivity contribution >= 4 is 38.2 Å². The summed E-state index contributed by atoms with van der Waals surface area (Å²) in [7, 11) is -3.37. The van der Waals surface area contributed by atoms with E-state index in [4.69, 9.17) is 17.3 Å². The number of fused-ring (bicyclic) bond motifs is 1. The second kappa shape index (κ2) is 4.75. The van der Waals surface area contributed by atoms with Gasteiger partial charge in [-0.15, -0.1) is 0 Å². The largest absolute Gasteiger partial charge is 0.398 e. The zero-order valence-electron chi connectivity index (χ0n) is 11.1. The number of nitrogens with zero attached hydrogens (tertiary/aromatic N) is 1. The number of hydrogen-bond donors (Lipinski definition) is 2. The molecule has 0 fully saturated rings. The molecule has 2 aromatic carbocycles. The number of halogens is 1. The Kier molecular flexibility index (Phi) is 3.15. The highest BCUT2D eigenvalue weighted by Crippen LogP contribution is 2.33. The number of rotatable bonds is 2. The summed E-state index contributed by atoms with van der Waals surface area (Å²) in [6, 6.07) is 10.1. The van der Waals surface area contributed by atoms with E-state index in [-0.39, 0.29) is 4.90 Å². The normalized spacial score (nSPS) is 11.9. The molecular weight excluding hydrogens is 310 g/mol. The van der Waals surface area contributed by atoms with E-state index in [9.17, 15) is 8.42 Å². The lowest BCUT2D eigenvalue weighted by molar-refractivity contribution is 0.602. The Morgan fingerprint density at radius 1 is 1.19 bits per heavy atom. The first-order valence-electron chi connectivity index (χ1n) is 6.11. The van der Waals surface area contributed by atoms with Crippen LogP contribution in [-0.2, 0) is 9.84 Å². The SMILES string of the molecule is CS(=O)(=O)c1cccc2[nH]c(-c3c(N)cccc3Cl)nc12. The molecule has 0 saturated heterocycles. The van der Waals surface area contributed by atoms with Gasteiger partial charge in [0.1, 0.15) is 11.3 Å². The first-order valence-corrected chi connectivity index (χ1v) is 8.38. The molecule has 21 heavy (non-hydrogen) atoms. The lowest BCUT2D eigenvalue weighted by atomic mass is 10.2. The van der Waals surface area contributed by atoms with E-state index in [1.165, 1.54) is 6.07 Å². The van der Waals surface area contributed by atoms with Crippen LogP contribution in [0.15, 0.2) is 41.3 Å². The number of para-hydroxylation sites is 1. The van der Waals surface area contributed by atoms with E-state index in [1.807, 2.05) is 0 Å². The molecule has 1 aromatic heterocycles. The number of H-pyrrole nitrogens is 1. The maximum absolute atomic E-state index is 11.8. The zero-order chi connectivity index (χ0) is 15.2. The van der Waals surface area contributed by atoms with Crippen LogP contribution >= 0.6 is 11.6 Å². The standard InChI is InChI=1S/C14H12ClN3O2S/c1-21(19,20)11-7-3-6-10-13(11)18-14(17-10)12-8(15)4-2-5-9(12)16/h2-7H,16H2,1H3,(H,17,18). The number of benzene rings is 2. The van der Waals surface area contributed by atoms with Crippen LogP contribution in [0.4, 0.5) is 5.69 Å². The third kappa shape index (κ3) is 2.36. The predicted octanol–water partition coefficient (Wildman–Crippen LogP) is 2.87. The number of nitrogen functional groups attached to an aromatic ring is 1. The Bertz CT molecular complexity index is 928. The van der Waals surface area contributed by atoms with Crippen LogP contribution in [0.2, 0.25) is 5.02 Å². The number of imidazole rings is 1. The summed E-state index contributed by atoms with van der Waals surface area (Å²) in [5.74, 6) is 0.448. The number of hydrogen-bond acceptors (Lipinski definition) is 4. The van der Waals surface area contributed by atoms with Gasteiger partial charge in [-0.05, 0) is 24.3 Å². The molecule has 3 rings (SSSR count). The molecule has 0 unspecified atom stereocenters. The molecule has 3 aromatic rings. The van der Waals surface area contributed by atoms with E-state index in [0.29, 0.717) is 33.1 Å². The third-order valence-corrected chi connectivity index (χ3v) is 4.60. The number of anilines is 1. The van der Waals surface area contributed by atoms with Crippen molar-refractivity contribution in [2.75, 3.05) is 12.0 Å². The molecule has 7 heteroatoms. The van der Waals surface area contributed by atoms with Gasteiger partial charge < -0.3 is 10.7 Å². The van der Waals surface area contributed by atoms with Gasteiger partial charge in [-0.3, -0.25) is 0 Å². The van der Waals surface area contributed by atoms with Crippen LogP contribution < -0.4 is 5.73 Å². The van der Waals surface area contributed by atoms with Gasteiger partial charge in [0.05, 0.1) is 21.0 Å². The molecule has 0 aliphatic rings. The van der Waals surface area contributed by atoms with Gasteiger partial charge in [0, 0.05) is 11.9 Å². The molecule has 0 aliphatic heterocycles. The van der Waals surface area contributed by atoms with Crippen molar-refractivity contribution < 1.29 is 8.42 Å². The van der Waals surface area contributed by atoms with Gasteiger partial charge in [-0.1, -0.05) is 23.7 Å². The second-order valence-corrected chi connectivity index (χ2v) is 7.11. The average molecular weight is 322 g/mol.